The third kappa shape index (κ3) is 5.98. The van der Waals surface area contributed by atoms with Gasteiger partial charge in [-0.05, 0) is 56.5 Å². The van der Waals surface area contributed by atoms with Crippen molar-refractivity contribution in [2.24, 2.45) is 11.8 Å². The number of carbonyl (C=O) groups is 3. The fraction of sp³-hybridized carbons (Fsp3) is 0.292. The van der Waals surface area contributed by atoms with Crippen molar-refractivity contribution in [1.29, 1.82) is 0 Å². The van der Waals surface area contributed by atoms with Crippen molar-refractivity contribution in [3.63, 3.8) is 0 Å². The lowest BCUT2D eigenvalue weighted by atomic mass is 9.82. The minimum atomic E-state index is -0.956. The van der Waals surface area contributed by atoms with Gasteiger partial charge in [0.2, 0.25) is 11.8 Å². The van der Waals surface area contributed by atoms with E-state index in [1.165, 1.54) is 11.8 Å². The number of amides is 2. The molecule has 0 aliphatic heterocycles. The van der Waals surface area contributed by atoms with Gasteiger partial charge < -0.3 is 15.7 Å². The largest absolute Gasteiger partial charge is 0.481 e. The molecule has 0 spiro atoms. The average Bonchev–Trinajstić information content (AvgIpc) is 2.75. The van der Waals surface area contributed by atoms with Gasteiger partial charge in [-0.3, -0.25) is 14.4 Å². The second kappa shape index (κ2) is 10.3. The van der Waals surface area contributed by atoms with Crippen LogP contribution in [0.25, 0.3) is 0 Å². The van der Waals surface area contributed by atoms with Gasteiger partial charge in [0.25, 0.3) is 0 Å². The van der Waals surface area contributed by atoms with E-state index in [0.29, 0.717) is 18.5 Å². The summed E-state index contributed by atoms with van der Waals surface area (Å²) in [4.78, 5) is 37.5. The first kappa shape index (κ1) is 22.6. The van der Waals surface area contributed by atoms with Gasteiger partial charge in [0, 0.05) is 16.3 Å². The molecule has 0 fully saturated rings. The van der Waals surface area contributed by atoms with Crippen molar-refractivity contribution in [2.75, 3.05) is 10.6 Å². The fourth-order valence-electron chi connectivity index (χ4n) is 3.46. The zero-order valence-corrected chi connectivity index (χ0v) is 18.3. The number of thioether (sulfide) groups is 1. The van der Waals surface area contributed by atoms with E-state index in [1.807, 2.05) is 56.3 Å². The summed E-state index contributed by atoms with van der Waals surface area (Å²) in [6.45, 7) is 3.77. The predicted molar refractivity (Wildman–Crippen MR) is 123 cm³/mol. The normalized spacial score (nSPS) is 18.8. The van der Waals surface area contributed by atoms with Crippen molar-refractivity contribution in [3.05, 3.63) is 66.2 Å². The van der Waals surface area contributed by atoms with Crippen LogP contribution >= 0.6 is 11.8 Å². The number of benzene rings is 2. The third-order valence-electron chi connectivity index (χ3n) is 5.27. The van der Waals surface area contributed by atoms with E-state index in [-0.39, 0.29) is 17.1 Å². The molecule has 7 heteroatoms. The van der Waals surface area contributed by atoms with E-state index in [4.69, 9.17) is 0 Å². The Labute approximate surface area is 186 Å². The highest BCUT2D eigenvalue weighted by Gasteiger charge is 2.34. The maximum Gasteiger partial charge on any atom is 0.307 e. The summed E-state index contributed by atoms with van der Waals surface area (Å²) in [5, 5.41) is 14.8. The minimum Gasteiger partial charge on any atom is -0.481 e. The molecule has 0 bridgehead atoms. The monoisotopic (exact) mass is 438 g/mol. The van der Waals surface area contributed by atoms with Crippen molar-refractivity contribution in [2.45, 2.75) is 36.8 Å². The first-order valence-corrected chi connectivity index (χ1v) is 11.0. The van der Waals surface area contributed by atoms with E-state index < -0.39 is 17.8 Å². The molecule has 3 unspecified atom stereocenters. The van der Waals surface area contributed by atoms with Crippen molar-refractivity contribution in [3.8, 4) is 0 Å². The number of para-hydroxylation sites is 1. The topological polar surface area (TPSA) is 95.5 Å². The van der Waals surface area contributed by atoms with Crippen LogP contribution in [0.4, 0.5) is 11.4 Å². The van der Waals surface area contributed by atoms with Crippen LogP contribution in [0.3, 0.4) is 0 Å². The van der Waals surface area contributed by atoms with Crippen LogP contribution in [-0.2, 0) is 14.4 Å². The van der Waals surface area contributed by atoms with Gasteiger partial charge in [0.1, 0.15) is 0 Å². The SMILES string of the molecule is Cc1ccccc1NC(=O)C(C)Sc1cccc(NC(=O)C2CC=CCC2C(=O)O)c1. The lowest BCUT2D eigenvalue weighted by Gasteiger charge is -2.24. The highest BCUT2D eigenvalue weighted by Crippen LogP contribution is 2.30. The summed E-state index contributed by atoms with van der Waals surface area (Å²) in [5.41, 5.74) is 2.37. The second-order valence-corrected chi connectivity index (χ2v) is 8.99. The van der Waals surface area contributed by atoms with Gasteiger partial charge >= 0.3 is 5.97 Å². The Morgan fingerprint density at radius 3 is 2.42 bits per heavy atom. The number of anilines is 2. The number of aliphatic carboxylic acids is 1. The van der Waals surface area contributed by atoms with Crippen molar-refractivity contribution >= 4 is 40.9 Å². The summed E-state index contributed by atoms with van der Waals surface area (Å²) in [6, 6.07) is 14.8. The second-order valence-electron chi connectivity index (χ2n) is 7.58. The Bertz CT molecular complexity index is 1000. The molecule has 0 saturated carbocycles. The highest BCUT2D eigenvalue weighted by atomic mass is 32.2. The van der Waals surface area contributed by atoms with Gasteiger partial charge in [-0.2, -0.15) is 0 Å². The number of carbonyl (C=O) groups excluding carboxylic acids is 2. The molecule has 3 rings (SSSR count). The minimum absolute atomic E-state index is 0.105. The zero-order valence-electron chi connectivity index (χ0n) is 17.5. The molecule has 6 nitrogen and oxygen atoms in total. The molecule has 0 aromatic heterocycles. The van der Waals surface area contributed by atoms with Crippen molar-refractivity contribution in [1.82, 2.24) is 0 Å². The Morgan fingerprint density at radius 2 is 1.71 bits per heavy atom. The maximum absolute atomic E-state index is 12.7. The summed E-state index contributed by atoms with van der Waals surface area (Å²) >= 11 is 1.39. The van der Waals surface area contributed by atoms with Crippen LogP contribution in [0.2, 0.25) is 0 Å². The molecule has 3 N–H and O–H groups in total. The third-order valence-corrected chi connectivity index (χ3v) is 6.37. The smallest absolute Gasteiger partial charge is 0.307 e. The molecule has 2 aromatic carbocycles. The summed E-state index contributed by atoms with van der Waals surface area (Å²) in [6.07, 6.45) is 4.43. The van der Waals surface area contributed by atoms with Gasteiger partial charge in [-0.25, -0.2) is 0 Å². The number of aryl methyl sites for hydroxylation is 1. The van der Waals surface area contributed by atoms with Gasteiger partial charge in [0.05, 0.1) is 17.1 Å². The fourth-order valence-corrected chi connectivity index (χ4v) is 4.39. The Morgan fingerprint density at radius 1 is 1.00 bits per heavy atom. The molecule has 162 valence electrons. The summed E-state index contributed by atoms with van der Waals surface area (Å²) < 4.78 is 0. The molecule has 1 aliphatic rings. The van der Waals surface area contributed by atoms with Gasteiger partial charge in [-0.1, -0.05) is 36.4 Å². The van der Waals surface area contributed by atoms with Crippen LogP contribution in [0.5, 0.6) is 0 Å². The Balaban J connectivity index is 1.62. The lowest BCUT2D eigenvalue weighted by Crippen LogP contribution is -2.34. The van der Waals surface area contributed by atoms with E-state index in [2.05, 4.69) is 10.6 Å². The quantitative estimate of drug-likeness (QED) is 0.429. The molecule has 31 heavy (non-hydrogen) atoms. The van der Waals surface area contributed by atoms with Crippen LogP contribution in [0.1, 0.15) is 25.3 Å². The molecule has 0 saturated heterocycles. The molecule has 0 radical (unpaired) electrons. The van der Waals surface area contributed by atoms with Gasteiger partial charge in [-0.15, -0.1) is 11.8 Å². The van der Waals surface area contributed by atoms with E-state index in [0.717, 1.165) is 16.1 Å². The zero-order chi connectivity index (χ0) is 22.4. The molecule has 0 heterocycles. The number of hydrogen-bond donors (Lipinski definition) is 3. The first-order chi connectivity index (χ1) is 14.8. The standard InChI is InChI=1S/C24H26N2O4S/c1-15-8-3-6-13-21(15)26-22(27)16(2)31-18-10-7-9-17(14-18)25-23(28)19-11-4-5-12-20(19)24(29)30/h3-10,13-14,16,19-20H,11-12H2,1-2H3,(H,25,28)(H,26,27)(H,29,30). The number of hydrogen-bond acceptors (Lipinski definition) is 4. The van der Waals surface area contributed by atoms with Crippen LogP contribution in [0, 0.1) is 18.8 Å². The van der Waals surface area contributed by atoms with Crippen molar-refractivity contribution < 1.29 is 19.5 Å². The molecular formula is C24H26N2O4S. The maximum atomic E-state index is 12.7. The molecule has 3 atom stereocenters. The van der Waals surface area contributed by atoms with E-state index in [1.54, 1.807) is 18.2 Å². The average molecular weight is 439 g/mol. The van der Waals surface area contributed by atoms with Crippen LogP contribution in [-0.4, -0.2) is 28.1 Å². The number of carboxylic acid groups (broad SMARTS) is 1. The van der Waals surface area contributed by atoms with Crippen LogP contribution in [0.15, 0.2) is 65.6 Å². The first-order valence-electron chi connectivity index (χ1n) is 10.2. The Kier molecular flexibility index (Phi) is 7.52. The van der Waals surface area contributed by atoms with E-state index in [9.17, 15) is 19.5 Å². The van der Waals surface area contributed by atoms with Gasteiger partial charge in [0.15, 0.2) is 0 Å². The number of nitrogens with one attached hydrogen (secondary N) is 2. The molecule has 2 amide bonds. The molecule has 1 aliphatic carbocycles. The number of allylic oxidation sites excluding steroid dienone is 2. The summed E-state index contributed by atoms with van der Waals surface area (Å²) in [7, 11) is 0. The molecular weight excluding hydrogens is 412 g/mol. The lowest BCUT2D eigenvalue weighted by molar-refractivity contribution is -0.146. The van der Waals surface area contributed by atoms with E-state index >= 15 is 0 Å². The number of carboxylic acids is 1. The summed E-state index contributed by atoms with van der Waals surface area (Å²) in [5.74, 6) is -2.68. The number of rotatable bonds is 7. The highest BCUT2D eigenvalue weighted by molar-refractivity contribution is 8.00. The molecule has 2 aromatic rings. The predicted octanol–water partition coefficient (Wildman–Crippen LogP) is 4.72. The van der Waals surface area contributed by atoms with Crippen LogP contribution < -0.4 is 10.6 Å². The Hall–Kier alpha value is -3.06.